The number of hydrogen-bond donors (Lipinski definition) is 1. The van der Waals surface area contributed by atoms with E-state index in [1.807, 2.05) is 13.8 Å². The molecule has 1 saturated heterocycles. The summed E-state index contributed by atoms with van der Waals surface area (Å²) in [5, 5.41) is 6.72. The van der Waals surface area contributed by atoms with Crippen molar-refractivity contribution in [3.8, 4) is 0 Å². The third kappa shape index (κ3) is 3.57. The van der Waals surface area contributed by atoms with Gasteiger partial charge in [0.1, 0.15) is 0 Å². The van der Waals surface area contributed by atoms with Crippen LogP contribution in [-0.4, -0.2) is 59.3 Å². The highest BCUT2D eigenvalue weighted by atomic mass is 16.5. The van der Waals surface area contributed by atoms with E-state index in [9.17, 15) is 9.59 Å². The number of hydrogen-bond acceptors (Lipinski definition) is 4. The molecule has 0 atom stereocenters. The molecule has 0 aromatic carbocycles. The Kier molecular flexibility index (Phi) is 4.73. The Morgan fingerprint density at radius 3 is 2.70 bits per heavy atom. The lowest BCUT2D eigenvalue weighted by atomic mass is 10.3. The minimum Gasteiger partial charge on any atom is -0.378 e. The number of ether oxygens (including phenoxy) is 1. The summed E-state index contributed by atoms with van der Waals surface area (Å²) in [6, 6.07) is 0.200. The van der Waals surface area contributed by atoms with Crippen LogP contribution in [0.5, 0.6) is 0 Å². The predicted octanol–water partition coefficient (Wildman–Crippen LogP) is 0.0526. The van der Waals surface area contributed by atoms with Gasteiger partial charge < -0.3 is 15.0 Å². The number of aromatic nitrogens is 2. The van der Waals surface area contributed by atoms with Gasteiger partial charge in [0.25, 0.3) is 5.91 Å². The van der Waals surface area contributed by atoms with Crippen LogP contribution in [0.15, 0.2) is 12.4 Å². The molecule has 1 aromatic heterocycles. The first kappa shape index (κ1) is 14.5. The summed E-state index contributed by atoms with van der Waals surface area (Å²) in [6.07, 6.45) is 3.19. The molecule has 2 heterocycles. The van der Waals surface area contributed by atoms with Crippen LogP contribution in [0.3, 0.4) is 0 Å². The van der Waals surface area contributed by atoms with E-state index >= 15 is 0 Å². The van der Waals surface area contributed by atoms with Crippen LogP contribution in [0.1, 0.15) is 30.2 Å². The van der Waals surface area contributed by atoms with Crippen molar-refractivity contribution in [2.24, 2.45) is 0 Å². The van der Waals surface area contributed by atoms with Gasteiger partial charge in [0.15, 0.2) is 0 Å². The number of carbonyl (C=O) groups is 2. The van der Waals surface area contributed by atoms with Crippen molar-refractivity contribution in [1.29, 1.82) is 0 Å². The smallest absolute Gasteiger partial charge is 0.254 e. The third-order valence-corrected chi connectivity index (χ3v) is 3.16. The van der Waals surface area contributed by atoms with Crippen molar-refractivity contribution in [3.63, 3.8) is 0 Å². The summed E-state index contributed by atoms with van der Waals surface area (Å²) >= 11 is 0. The minimum atomic E-state index is -0.279. The zero-order valence-corrected chi connectivity index (χ0v) is 11.8. The molecule has 1 aromatic rings. The second-order valence-corrected chi connectivity index (χ2v) is 4.98. The average Bonchev–Trinajstić information content (AvgIpc) is 2.95. The first-order valence-electron chi connectivity index (χ1n) is 6.76. The van der Waals surface area contributed by atoms with Crippen LogP contribution in [0, 0.1) is 0 Å². The van der Waals surface area contributed by atoms with Crippen LogP contribution in [0.2, 0.25) is 0 Å². The summed E-state index contributed by atoms with van der Waals surface area (Å²) in [6.45, 7) is 6.25. The Balaban J connectivity index is 1.83. The summed E-state index contributed by atoms with van der Waals surface area (Å²) in [7, 11) is 0. The number of nitrogens with zero attached hydrogens (tertiary/aromatic N) is 3. The molecule has 1 N–H and O–H groups in total. The molecule has 1 aliphatic heterocycles. The number of carbonyl (C=O) groups excluding carboxylic acids is 2. The minimum absolute atomic E-state index is 0.00565. The van der Waals surface area contributed by atoms with E-state index in [-0.39, 0.29) is 24.4 Å². The van der Waals surface area contributed by atoms with E-state index in [0.717, 1.165) is 0 Å². The van der Waals surface area contributed by atoms with Gasteiger partial charge in [-0.1, -0.05) is 0 Å². The fraction of sp³-hybridized carbons (Fsp3) is 0.615. The Bertz CT molecular complexity index is 478. The Morgan fingerprint density at radius 2 is 2.10 bits per heavy atom. The Hall–Kier alpha value is -1.89. The van der Waals surface area contributed by atoms with Gasteiger partial charge in [-0.25, -0.2) is 0 Å². The SMILES string of the molecule is CC(C)n1cc(C(=O)NCC(=O)N2CCOCC2)cn1. The molecule has 110 valence electrons. The number of rotatable bonds is 4. The van der Waals surface area contributed by atoms with Gasteiger partial charge in [0.05, 0.1) is 31.5 Å². The maximum atomic E-state index is 11.9. The molecule has 0 saturated carbocycles. The Labute approximate surface area is 117 Å². The van der Waals surface area contributed by atoms with Crippen molar-refractivity contribution in [2.75, 3.05) is 32.8 Å². The summed E-state index contributed by atoms with van der Waals surface area (Å²) in [5.41, 5.74) is 0.466. The number of amides is 2. The van der Waals surface area contributed by atoms with Gasteiger partial charge in [0.2, 0.25) is 5.91 Å². The molecule has 0 spiro atoms. The summed E-state index contributed by atoms with van der Waals surface area (Å²) < 4.78 is 6.88. The maximum absolute atomic E-state index is 11.9. The second kappa shape index (κ2) is 6.51. The molecule has 7 heteroatoms. The lowest BCUT2D eigenvalue weighted by Gasteiger charge is -2.26. The highest BCUT2D eigenvalue weighted by Gasteiger charge is 2.18. The molecule has 1 aliphatic rings. The first-order chi connectivity index (χ1) is 9.58. The zero-order valence-electron chi connectivity index (χ0n) is 11.8. The van der Waals surface area contributed by atoms with Gasteiger partial charge in [-0.15, -0.1) is 0 Å². The van der Waals surface area contributed by atoms with Crippen LogP contribution in [-0.2, 0) is 9.53 Å². The number of nitrogens with one attached hydrogen (secondary N) is 1. The fourth-order valence-corrected chi connectivity index (χ4v) is 1.92. The zero-order chi connectivity index (χ0) is 14.5. The molecule has 0 aliphatic carbocycles. The highest BCUT2D eigenvalue weighted by Crippen LogP contribution is 2.05. The third-order valence-electron chi connectivity index (χ3n) is 3.16. The molecular formula is C13H20N4O3. The van der Waals surface area contributed by atoms with Crippen molar-refractivity contribution in [1.82, 2.24) is 20.0 Å². The molecule has 1 fully saturated rings. The van der Waals surface area contributed by atoms with Crippen LogP contribution >= 0.6 is 0 Å². The van der Waals surface area contributed by atoms with Gasteiger partial charge >= 0.3 is 0 Å². The monoisotopic (exact) mass is 280 g/mol. The molecule has 20 heavy (non-hydrogen) atoms. The van der Waals surface area contributed by atoms with E-state index in [1.165, 1.54) is 6.20 Å². The van der Waals surface area contributed by atoms with E-state index in [0.29, 0.717) is 31.9 Å². The fourth-order valence-electron chi connectivity index (χ4n) is 1.92. The van der Waals surface area contributed by atoms with Crippen LogP contribution in [0.4, 0.5) is 0 Å². The summed E-state index contributed by atoms with van der Waals surface area (Å²) in [5.74, 6) is -0.364. The van der Waals surface area contributed by atoms with Gasteiger partial charge in [-0.05, 0) is 13.8 Å². The molecule has 7 nitrogen and oxygen atoms in total. The average molecular weight is 280 g/mol. The quantitative estimate of drug-likeness (QED) is 0.845. The van der Waals surface area contributed by atoms with Crippen molar-refractivity contribution >= 4 is 11.8 Å². The van der Waals surface area contributed by atoms with E-state index in [4.69, 9.17) is 4.74 Å². The van der Waals surface area contributed by atoms with Gasteiger partial charge in [0, 0.05) is 25.3 Å². The van der Waals surface area contributed by atoms with Crippen molar-refractivity contribution in [3.05, 3.63) is 18.0 Å². The molecular weight excluding hydrogens is 260 g/mol. The standard InChI is InChI=1S/C13H20N4O3/c1-10(2)17-9-11(7-15-17)13(19)14-8-12(18)16-3-5-20-6-4-16/h7,9-10H,3-6,8H2,1-2H3,(H,14,19). The van der Waals surface area contributed by atoms with Crippen LogP contribution < -0.4 is 5.32 Å². The highest BCUT2D eigenvalue weighted by molar-refractivity contribution is 5.96. The molecule has 0 unspecified atom stereocenters. The molecule has 2 amide bonds. The van der Waals surface area contributed by atoms with E-state index < -0.39 is 0 Å². The lowest BCUT2D eigenvalue weighted by molar-refractivity contribution is -0.134. The maximum Gasteiger partial charge on any atom is 0.254 e. The van der Waals surface area contributed by atoms with Crippen molar-refractivity contribution in [2.45, 2.75) is 19.9 Å². The first-order valence-corrected chi connectivity index (χ1v) is 6.76. The van der Waals surface area contributed by atoms with E-state index in [2.05, 4.69) is 10.4 Å². The van der Waals surface area contributed by atoms with Crippen LogP contribution in [0.25, 0.3) is 0 Å². The normalized spacial score (nSPS) is 15.4. The predicted molar refractivity (Wildman–Crippen MR) is 72.3 cm³/mol. The van der Waals surface area contributed by atoms with Crippen molar-refractivity contribution < 1.29 is 14.3 Å². The lowest BCUT2D eigenvalue weighted by Crippen LogP contribution is -2.45. The topological polar surface area (TPSA) is 76.5 Å². The molecule has 0 bridgehead atoms. The second-order valence-electron chi connectivity index (χ2n) is 4.98. The number of morpholine rings is 1. The molecule has 0 radical (unpaired) electrons. The largest absolute Gasteiger partial charge is 0.378 e. The Morgan fingerprint density at radius 1 is 1.40 bits per heavy atom. The molecule has 2 rings (SSSR count). The summed E-state index contributed by atoms with van der Waals surface area (Å²) in [4.78, 5) is 25.5. The van der Waals surface area contributed by atoms with E-state index in [1.54, 1.807) is 15.8 Å². The van der Waals surface area contributed by atoms with Gasteiger partial charge in [-0.3, -0.25) is 14.3 Å². The van der Waals surface area contributed by atoms with Gasteiger partial charge in [-0.2, -0.15) is 5.10 Å².